The molecule has 6 nitrogen and oxygen atoms in total. The maximum Gasteiger partial charge on any atom is 0.237 e. The van der Waals surface area contributed by atoms with Gasteiger partial charge in [0.25, 0.3) is 0 Å². The van der Waals surface area contributed by atoms with Gasteiger partial charge >= 0.3 is 0 Å². The minimum absolute atomic E-state index is 0.308. The molecule has 0 saturated heterocycles. The Balaban J connectivity index is 2.87. The van der Waals surface area contributed by atoms with Crippen molar-refractivity contribution < 1.29 is 13.2 Å². The number of pyridine rings is 1. The van der Waals surface area contributed by atoms with Gasteiger partial charge < -0.3 is 5.32 Å². The van der Waals surface area contributed by atoms with Crippen LogP contribution in [0.25, 0.3) is 11.0 Å². The number of rotatable bonds is 3. The Morgan fingerprint density at radius 2 is 2.18 bits per heavy atom. The van der Waals surface area contributed by atoms with Crippen LogP contribution in [0.5, 0.6) is 0 Å². The summed E-state index contributed by atoms with van der Waals surface area (Å²) in [5.74, 6) is 0. The first-order valence-electron chi connectivity index (χ1n) is 4.82. The molecule has 0 atom stereocenters. The lowest BCUT2D eigenvalue weighted by Crippen LogP contribution is -2.09. The van der Waals surface area contributed by atoms with Gasteiger partial charge in [-0.15, -0.1) is 0 Å². The van der Waals surface area contributed by atoms with E-state index in [1.54, 1.807) is 13.1 Å². The molecular weight excluding hydrogens is 242 g/mol. The van der Waals surface area contributed by atoms with Crippen LogP contribution in [0.2, 0.25) is 0 Å². The number of carbonyl (C=O) groups is 1. The zero-order valence-electron chi connectivity index (χ0n) is 9.34. The molecule has 0 bridgehead atoms. The van der Waals surface area contributed by atoms with Gasteiger partial charge in [-0.25, -0.2) is 17.4 Å². The van der Waals surface area contributed by atoms with Gasteiger partial charge in [-0.05, 0) is 6.07 Å². The predicted molar refractivity (Wildman–Crippen MR) is 64.9 cm³/mol. The highest BCUT2D eigenvalue weighted by atomic mass is 32.2. The fraction of sp³-hybridized carbons (Fsp3) is 0.200. The number of hydrogen-bond acceptors (Lipinski definition) is 5. The average Bonchev–Trinajstić information content (AvgIpc) is 2.70. The Labute approximate surface area is 98.3 Å². The van der Waals surface area contributed by atoms with Crippen molar-refractivity contribution in [2.75, 3.05) is 18.6 Å². The van der Waals surface area contributed by atoms with Gasteiger partial charge in [0.05, 0.1) is 17.5 Å². The Hall–Kier alpha value is -1.89. The summed E-state index contributed by atoms with van der Waals surface area (Å²) in [6, 6.07) is 1.61. The van der Waals surface area contributed by atoms with Crippen LogP contribution >= 0.6 is 0 Å². The van der Waals surface area contributed by atoms with Crippen molar-refractivity contribution in [3.63, 3.8) is 0 Å². The number of aromatic nitrogens is 2. The number of aldehydes is 1. The van der Waals surface area contributed by atoms with E-state index in [1.165, 1.54) is 12.4 Å². The molecular formula is C10H11N3O3S. The van der Waals surface area contributed by atoms with E-state index in [1.807, 2.05) is 0 Å². The van der Waals surface area contributed by atoms with Crippen LogP contribution in [0.3, 0.4) is 0 Å². The Bertz CT molecular complexity index is 688. The van der Waals surface area contributed by atoms with Crippen LogP contribution in [0.15, 0.2) is 18.5 Å². The largest absolute Gasteiger partial charge is 0.387 e. The minimum atomic E-state index is -3.39. The molecule has 17 heavy (non-hydrogen) atoms. The van der Waals surface area contributed by atoms with Gasteiger partial charge in [0.2, 0.25) is 10.0 Å². The molecule has 0 saturated carbocycles. The highest BCUT2D eigenvalue weighted by molar-refractivity contribution is 7.89. The fourth-order valence-electron chi connectivity index (χ4n) is 1.71. The number of anilines is 1. The average molecular weight is 253 g/mol. The zero-order valence-corrected chi connectivity index (χ0v) is 10.2. The van der Waals surface area contributed by atoms with Gasteiger partial charge in [-0.2, -0.15) is 0 Å². The van der Waals surface area contributed by atoms with E-state index in [2.05, 4.69) is 10.3 Å². The normalized spacial score (nSPS) is 11.6. The van der Waals surface area contributed by atoms with Crippen molar-refractivity contribution in [3.05, 3.63) is 24.0 Å². The topological polar surface area (TPSA) is 81.1 Å². The monoisotopic (exact) mass is 253 g/mol. The smallest absolute Gasteiger partial charge is 0.237 e. The van der Waals surface area contributed by atoms with Crippen molar-refractivity contribution in [2.45, 2.75) is 0 Å². The van der Waals surface area contributed by atoms with Gasteiger partial charge in [0, 0.05) is 24.8 Å². The highest BCUT2D eigenvalue weighted by Crippen LogP contribution is 2.26. The molecule has 2 aromatic rings. The third-order valence-corrected chi connectivity index (χ3v) is 3.45. The second kappa shape index (κ2) is 3.85. The molecule has 90 valence electrons. The SMILES string of the molecule is CNc1c(C=O)cnc2c1ccn2S(C)(=O)=O. The van der Waals surface area contributed by atoms with Crippen LogP contribution in [-0.2, 0) is 10.0 Å². The van der Waals surface area contributed by atoms with E-state index in [4.69, 9.17) is 0 Å². The van der Waals surface area contributed by atoms with Crippen molar-refractivity contribution in [1.29, 1.82) is 0 Å². The molecule has 2 rings (SSSR count). The summed E-state index contributed by atoms with van der Waals surface area (Å²) >= 11 is 0. The van der Waals surface area contributed by atoms with Gasteiger partial charge in [0.15, 0.2) is 11.9 Å². The van der Waals surface area contributed by atoms with Gasteiger partial charge in [-0.3, -0.25) is 4.79 Å². The molecule has 0 amide bonds. The number of hydrogen-bond donors (Lipinski definition) is 1. The predicted octanol–water partition coefficient (Wildman–Crippen LogP) is 0.698. The quantitative estimate of drug-likeness (QED) is 0.814. The summed E-state index contributed by atoms with van der Waals surface area (Å²) in [6.45, 7) is 0. The standard InChI is InChI=1S/C10H11N3O3S/c1-11-9-7(6-14)5-12-10-8(9)3-4-13(10)17(2,15)16/h3-6H,1-2H3,(H,11,12). The molecule has 0 radical (unpaired) electrons. The van der Waals surface area contributed by atoms with E-state index >= 15 is 0 Å². The molecule has 0 aliphatic heterocycles. The molecule has 0 aromatic carbocycles. The lowest BCUT2D eigenvalue weighted by Gasteiger charge is -2.06. The van der Waals surface area contributed by atoms with E-state index in [0.29, 0.717) is 28.6 Å². The van der Waals surface area contributed by atoms with Crippen LogP contribution in [0.4, 0.5) is 5.69 Å². The molecule has 1 N–H and O–H groups in total. The first-order valence-corrected chi connectivity index (χ1v) is 6.67. The first-order chi connectivity index (χ1) is 7.99. The van der Waals surface area contributed by atoms with Crippen LogP contribution in [-0.4, -0.2) is 37.0 Å². The second-order valence-corrected chi connectivity index (χ2v) is 5.43. The molecule has 0 fully saturated rings. The molecule has 2 heterocycles. The van der Waals surface area contributed by atoms with Crippen molar-refractivity contribution >= 4 is 33.0 Å². The second-order valence-electron chi connectivity index (χ2n) is 3.57. The van der Waals surface area contributed by atoms with E-state index in [9.17, 15) is 13.2 Å². The molecule has 0 spiro atoms. The molecule has 0 aliphatic rings. The van der Waals surface area contributed by atoms with E-state index in [0.717, 1.165) is 10.2 Å². The molecule has 0 unspecified atom stereocenters. The molecule has 7 heteroatoms. The van der Waals surface area contributed by atoms with E-state index in [-0.39, 0.29) is 0 Å². The van der Waals surface area contributed by atoms with Gasteiger partial charge in [0.1, 0.15) is 0 Å². The van der Waals surface area contributed by atoms with Crippen LogP contribution in [0.1, 0.15) is 10.4 Å². The summed E-state index contributed by atoms with van der Waals surface area (Å²) < 4.78 is 24.1. The maximum absolute atomic E-state index is 11.5. The highest BCUT2D eigenvalue weighted by Gasteiger charge is 2.15. The lowest BCUT2D eigenvalue weighted by molar-refractivity contribution is 0.112. The van der Waals surface area contributed by atoms with Crippen molar-refractivity contribution in [3.8, 4) is 0 Å². The van der Waals surface area contributed by atoms with Crippen LogP contribution < -0.4 is 5.32 Å². The summed E-state index contributed by atoms with van der Waals surface area (Å²) in [5.41, 5.74) is 1.28. The third kappa shape index (κ3) is 1.78. The Kier molecular flexibility index (Phi) is 2.62. The van der Waals surface area contributed by atoms with Crippen molar-refractivity contribution in [1.82, 2.24) is 8.96 Å². The fourth-order valence-corrected chi connectivity index (χ4v) is 2.46. The molecule has 0 aliphatic carbocycles. The summed E-state index contributed by atoms with van der Waals surface area (Å²) in [6.07, 6.45) is 4.54. The van der Waals surface area contributed by atoms with Gasteiger partial charge in [-0.1, -0.05) is 0 Å². The zero-order chi connectivity index (χ0) is 12.6. The first kappa shape index (κ1) is 11.6. The number of carbonyl (C=O) groups excluding carboxylic acids is 1. The summed E-state index contributed by atoms with van der Waals surface area (Å²) in [5, 5.41) is 3.47. The Morgan fingerprint density at radius 1 is 1.47 bits per heavy atom. The summed E-state index contributed by atoms with van der Waals surface area (Å²) in [7, 11) is -1.73. The van der Waals surface area contributed by atoms with Crippen LogP contribution in [0, 0.1) is 0 Å². The van der Waals surface area contributed by atoms with Crippen molar-refractivity contribution in [2.24, 2.45) is 0 Å². The Morgan fingerprint density at radius 3 is 2.71 bits per heavy atom. The number of nitrogens with one attached hydrogen (secondary N) is 1. The minimum Gasteiger partial charge on any atom is -0.387 e. The summed E-state index contributed by atoms with van der Waals surface area (Å²) in [4.78, 5) is 14.8. The number of nitrogens with zero attached hydrogens (tertiary/aromatic N) is 2. The van der Waals surface area contributed by atoms with E-state index < -0.39 is 10.0 Å². The number of fused-ring (bicyclic) bond motifs is 1. The lowest BCUT2D eigenvalue weighted by atomic mass is 10.2. The maximum atomic E-state index is 11.5. The third-order valence-electron chi connectivity index (χ3n) is 2.44. The molecule has 2 aromatic heterocycles.